The van der Waals surface area contributed by atoms with Gasteiger partial charge in [0.2, 0.25) is 5.91 Å². The third-order valence-corrected chi connectivity index (χ3v) is 7.03. The van der Waals surface area contributed by atoms with Gasteiger partial charge in [-0.15, -0.1) is 0 Å². The van der Waals surface area contributed by atoms with E-state index in [0.717, 1.165) is 12.1 Å². The number of sulfone groups is 1. The number of benzene rings is 2. The molecule has 1 aliphatic heterocycles. The summed E-state index contributed by atoms with van der Waals surface area (Å²) in [6, 6.07) is 14.2. The van der Waals surface area contributed by atoms with Gasteiger partial charge in [-0.05, 0) is 29.8 Å². The van der Waals surface area contributed by atoms with Crippen molar-refractivity contribution in [3.05, 3.63) is 64.7 Å². The van der Waals surface area contributed by atoms with Crippen molar-refractivity contribution in [3.8, 4) is 0 Å². The van der Waals surface area contributed by atoms with Gasteiger partial charge < -0.3 is 10.2 Å². The molecule has 1 aliphatic rings. The van der Waals surface area contributed by atoms with Crippen LogP contribution in [0.1, 0.15) is 30.4 Å². The van der Waals surface area contributed by atoms with Gasteiger partial charge in [0.25, 0.3) is 0 Å². The fourth-order valence-electron chi connectivity index (χ4n) is 3.39. The molecule has 1 fully saturated rings. The highest BCUT2D eigenvalue weighted by molar-refractivity contribution is 7.91. The predicted octanol–water partition coefficient (Wildman–Crippen LogP) is 2.00. The molecule has 2 aromatic rings. The minimum Gasteiger partial charge on any atom is -0.352 e. The second-order valence-electron chi connectivity index (χ2n) is 7.25. The topological polar surface area (TPSA) is 67.7 Å². The van der Waals surface area contributed by atoms with Crippen LogP contribution in [0.25, 0.3) is 0 Å². The van der Waals surface area contributed by atoms with Crippen LogP contribution in [0.2, 0.25) is 5.02 Å². The van der Waals surface area contributed by atoms with Crippen LogP contribution in [0.4, 0.5) is 0 Å². The molecule has 28 heavy (non-hydrogen) atoms. The van der Waals surface area contributed by atoms with Crippen LogP contribution in [0, 0.1) is 0 Å². The maximum atomic E-state index is 12.3. The summed E-state index contributed by atoms with van der Waals surface area (Å²) >= 11 is 5.78. The molecule has 0 aliphatic carbocycles. The molecule has 2 aromatic carbocycles. The molecular formula is C21H26ClN2O3S+. The molecule has 0 aromatic heterocycles. The van der Waals surface area contributed by atoms with Crippen molar-refractivity contribution in [2.75, 3.05) is 18.8 Å². The SMILES string of the molecule is O=C(CCS(=O)(=O)c1ccc(Cl)cc1)NCc1ccc(C[NH+]2CCCC2)cc1. The first-order valence-corrected chi connectivity index (χ1v) is 11.6. The number of nitrogens with one attached hydrogen (secondary N) is 2. The van der Waals surface area contributed by atoms with Crippen molar-refractivity contribution in [2.24, 2.45) is 0 Å². The van der Waals surface area contributed by atoms with E-state index in [1.54, 1.807) is 4.90 Å². The van der Waals surface area contributed by atoms with Gasteiger partial charge in [0.15, 0.2) is 9.84 Å². The average Bonchev–Trinajstić information content (AvgIpc) is 3.19. The summed E-state index contributed by atoms with van der Waals surface area (Å²) in [6.45, 7) is 3.94. The van der Waals surface area contributed by atoms with Gasteiger partial charge >= 0.3 is 0 Å². The molecule has 0 atom stereocenters. The molecule has 0 bridgehead atoms. The molecule has 0 saturated carbocycles. The first-order chi connectivity index (χ1) is 13.4. The molecule has 1 amide bonds. The van der Waals surface area contributed by atoms with E-state index in [0.29, 0.717) is 11.6 Å². The first kappa shape index (κ1) is 20.8. The number of hydrogen-bond donors (Lipinski definition) is 2. The zero-order valence-electron chi connectivity index (χ0n) is 15.8. The Labute approximate surface area is 171 Å². The summed E-state index contributed by atoms with van der Waals surface area (Å²) in [4.78, 5) is 13.9. The van der Waals surface area contributed by atoms with Crippen molar-refractivity contribution in [3.63, 3.8) is 0 Å². The van der Waals surface area contributed by atoms with E-state index in [1.807, 2.05) is 12.1 Å². The fourth-order valence-corrected chi connectivity index (χ4v) is 4.76. The second-order valence-corrected chi connectivity index (χ2v) is 9.80. The Morgan fingerprint density at radius 3 is 2.21 bits per heavy atom. The lowest BCUT2D eigenvalue weighted by atomic mass is 10.1. The maximum Gasteiger partial charge on any atom is 0.221 e. The number of likely N-dealkylation sites (tertiary alicyclic amines) is 1. The van der Waals surface area contributed by atoms with Gasteiger partial charge in [0, 0.05) is 36.4 Å². The summed E-state index contributed by atoms with van der Waals surface area (Å²) in [5.41, 5.74) is 2.31. The van der Waals surface area contributed by atoms with E-state index in [9.17, 15) is 13.2 Å². The van der Waals surface area contributed by atoms with Crippen LogP contribution in [0.15, 0.2) is 53.4 Å². The Hall–Kier alpha value is -1.89. The Kier molecular flexibility index (Phi) is 7.10. The highest BCUT2D eigenvalue weighted by Crippen LogP contribution is 2.16. The first-order valence-electron chi connectivity index (χ1n) is 9.59. The van der Waals surface area contributed by atoms with Gasteiger partial charge in [-0.2, -0.15) is 0 Å². The van der Waals surface area contributed by atoms with Gasteiger partial charge in [-0.3, -0.25) is 4.79 Å². The van der Waals surface area contributed by atoms with Crippen molar-refractivity contribution in [1.29, 1.82) is 0 Å². The zero-order valence-corrected chi connectivity index (χ0v) is 17.4. The van der Waals surface area contributed by atoms with Crippen LogP contribution in [0.3, 0.4) is 0 Å². The molecule has 0 unspecified atom stereocenters. The lowest BCUT2D eigenvalue weighted by Crippen LogP contribution is -3.08. The van der Waals surface area contributed by atoms with E-state index >= 15 is 0 Å². The van der Waals surface area contributed by atoms with Crippen LogP contribution in [-0.4, -0.2) is 33.2 Å². The highest BCUT2D eigenvalue weighted by Gasteiger charge is 2.17. The third-order valence-electron chi connectivity index (χ3n) is 5.05. The van der Waals surface area contributed by atoms with Crippen LogP contribution in [-0.2, 0) is 27.7 Å². The van der Waals surface area contributed by atoms with Crippen molar-refractivity contribution < 1.29 is 18.1 Å². The number of halogens is 1. The molecular weight excluding hydrogens is 396 g/mol. The fraction of sp³-hybridized carbons (Fsp3) is 0.381. The summed E-state index contributed by atoms with van der Waals surface area (Å²) < 4.78 is 24.6. The van der Waals surface area contributed by atoms with E-state index in [-0.39, 0.29) is 23.0 Å². The van der Waals surface area contributed by atoms with Crippen molar-refractivity contribution >= 4 is 27.3 Å². The molecule has 150 valence electrons. The Balaban J connectivity index is 1.44. The Bertz CT molecular complexity index is 890. The van der Waals surface area contributed by atoms with Crippen molar-refractivity contribution in [1.82, 2.24) is 5.32 Å². The molecule has 1 saturated heterocycles. The zero-order chi connectivity index (χ0) is 20.0. The third kappa shape index (κ3) is 6.06. The van der Waals surface area contributed by atoms with E-state index in [4.69, 9.17) is 11.6 Å². The van der Waals surface area contributed by atoms with E-state index < -0.39 is 9.84 Å². The smallest absolute Gasteiger partial charge is 0.221 e. The molecule has 0 spiro atoms. The number of carbonyl (C=O) groups excluding carboxylic acids is 1. The number of hydrogen-bond acceptors (Lipinski definition) is 3. The average molecular weight is 422 g/mol. The summed E-state index contributed by atoms with van der Waals surface area (Å²) in [5.74, 6) is -0.499. The normalized spacial score (nSPS) is 14.9. The largest absolute Gasteiger partial charge is 0.352 e. The predicted molar refractivity (Wildman–Crippen MR) is 110 cm³/mol. The standard InChI is InChI=1S/C21H25ClN2O3S/c22-19-7-9-20(10-8-19)28(26,27)14-11-21(25)23-15-17-3-5-18(6-4-17)16-24-12-1-2-13-24/h3-10H,1-2,11-16H2,(H,23,25)/p+1. The van der Waals surface area contributed by atoms with Gasteiger partial charge in [-0.25, -0.2) is 8.42 Å². The molecule has 0 radical (unpaired) electrons. The Morgan fingerprint density at radius 2 is 1.57 bits per heavy atom. The molecule has 1 heterocycles. The summed E-state index contributed by atoms with van der Waals surface area (Å²) in [5, 5.41) is 3.27. The van der Waals surface area contributed by atoms with Crippen LogP contribution >= 0.6 is 11.6 Å². The lowest BCUT2D eigenvalue weighted by molar-refractivity contribution is -0.901. The van der Waals surface area contributed by atoms with Gasteiger partial charge in [-0.1, -0.05) is 35.9 Å². The number of quaternary nitrogens is 1. The lowest BCUT2D eigenvalue weighted by Gasteiger charge is -2.12. The molecule has 3 rings (SSSR count). The van der Waals surface area contributed by atoms with Crippen LogP contribution in [0.5, 0.6) is 0 Å². The minimum absolute atomic E-state index is 0.0681. The van der Waals surface area contributed by atoms with Gasteiger partial charge in [0.05, 0.1) is 23.7 Å². The second kappa shape index (κ2) is 9.54. The number of rotatable bonds is 8. The highest BCUT2D eigenvalue weighted by atomic mass is 35.5. The Morgan fingerprint density at radius 1 is 0.964 bits per heavy atom. The number of amides is 1. The maximum absolute atomic E-state index is 12.3. The number of carbonyl (C=O) groups is 1. The summed E-state index contributed by atoms with van der Waals surface area (Å²) in [6.07, 6.45) is 2.56. The van der Waals surface area contributed by atoms with Crippen LogP contribution < -0.4 is 10.2 Å². The minimum atomic E-state index is -3.49. The van der Waals surface area contributed by atoms with Gasteiger partial charge in [0.1, 0.15) is 6.54 Å². The van der Waals surface area contributed by atoms with E-state index in [2.05, 4.69) is 17.4 Å². The molecule has 2 N–H and O–H groups in total. The monoisotopic (exact) mass is 421 g/mol. The van der Waals surface area contributed by atoms with E-state index in [1.165, 1.54) is 55.8 Å². The summed E-state index contributed by atoms with van der Waals surface area (Å²) in [7, 11) is -3.49. The van der Waals surface area contributed by atoms with Crippen molar-refractivity contribution in [2.45, 2.75) is 37.2 Å². The molecule has 7 heteroatoms. The molecule has 5 nitrogen and oxygen atoms in total. The quantitative estimate of drug-likeness (QED) is 0.685.